The molecule has 0 heterocycles. The number of phenolic OH excluding ortho intramolecular Hbond substituents is 2. The Morgan fingerprint density at radius 3 is 1.65 bits per heavy atom. The van der Waals surface area contributed by atoms with Crippen molar-refractivity contribution in [2.75, 3.05) is 0 Å². The van der Waals surface area contributed by atoms with E-state index in [4.69, 9.17) is 0 Å². The monoisotopic (exact) mass is 323 g/mol. The second-order valence-electron chi connectivity index (χ2n) is 6.05. The first-order valence-electron chi connectivity index (χ1n) is 8.72. The SMILES string of the molecule is CCCCc1c(O)c(O)c([N+](=O)[O-])c(CCCC)c1CCCC. The number of nitrogens with zero attached hydrogens (tertiary/aromatic N) is 1. The van der Waals surface area contributed by atoms with Crippen LogP contribution < -0.4 is 0 Å². The normalized spacial score (nSPS) is 10.9. The number of rotatable bonds is 10. The number of unbranched alkanes of at least 4 members (excludes halogenated alkanes) is 3. The quantitative estimate of drug-likeness (QED) is 0.359. The highest BCUT2D eigenvalue weighted by Crippen LogP contribution is 2.45. The molecule has 130 valence electrons. The van der Waals surface area contributed by atoms with Crippen LogP contribution in [-0.2, 0) is 19.3 Å². The summed E-state index contributed by atoms with van der Waals surface area (Å²) in [6, 6.07) is 0. The third-order valence-electron chi connectivity index (χ3n) is 4.27. The van der Waals surface area contributed by atoms with Crippen molar-refractivity contribution >= 4 is 5.69 Å². The second kappa shape index (κ2) is 9.38. The van der Waals surface area contributed by atoms with Crippen LogP contribution in [0.25, 0.3) is 0 Å². The molecule has 23 heavy (non-hydrogen) atoms. The maximum Gasteiger partial charge on any atom is 0.318 e. The Kier molecular flexibility index (Phi) is 7.86. The fraction of sp³-hybridized carbons (Fsp3) is 0.667. The van der Waals surface area contributed by atoms with E-state index >= 15 is 0 Å². The van der Waals surface area contributed by atoms with Gasteiger partial charge in [-0.3, -0.25) is 10.1 Å². The Morgan fingerprint density at radius 1 is 0.783 bits per heavy atom. The van der Waals surface area contributed by atoms with E-state index in [9.17, 15) is 20.3 Å². The number of phenols is 2. The van der Waals surface area contributed by atoms with E-state index in [0.29, 0.717) is 30.4 Å². The maximum atomic E-state index is 11.4. The van der Waals surface area contributed by atoms with Crippen molar-refractivity contribution in [2.45, 2.75) is 78.6 Å². The summed E-state index contributed by atoms with van der Waals surface area (Å²) in [6.45, 7) is 6.17. The lowest BCUT2D eigenvalue weighted by atomic mass is 9.88. The summed E-state index contributed by atoms with van der Waals surface area (Å²) in [6.07, 6.45) is 7.43. The summed E-state index contributed by atoms with van der Waals surface area (Å²) in [5.74, 6) is -0.857. The summed E-state index contributed by atoms with van der Waals surface area (Å²) < 4.78 is 0. The maximum absolute atomic E-state index is 11.4. The van der Waals surface area contributed by atoms with Crippen LogP contribution in [0.3, 0.4) is 0 Å². The Morgan fingerprint density at radius 2 is 1.22 bits per heavy atom. The van der Waals surface area contributed by atoms with Crippen molar-refractivity contribution in [3.63, 3.8) is 0 Å². The third-order valence-corrected chi connectivity index (χ3v) is 4.27. The topological polar surface area (TPSA) is 83.6 Å². The fourth-order valence-corrected chi connectivity index (χ4v) is 2.96. The van der Waals surface area contributed by atoms with Crippen molar-refractivity contribution in [3.05, 3.63) is 26.8 Å². The molecule has 1 aromatic rings. The highest BCUT2D eigenvalue weighted by molar-refractivity contribution is 5.66. The number of nitro groups is 1. The first-order chi connectivity index (χ1) is 11.0. The molecule has 0 spiro atoms. The number of benzene rings is 1. The molecule has 0 saturated heterocycles. The van der Waals surface area contributed by atoms with E-state index in [1.807, 2.05) is 6.92 Å². The van der Waals surface area contributed by atoms with Crippen LogP contribution in [0.4, 0.5) is 5.69 Å². The van der Waals surface area contributed by atoms with E-state index < -0.39 is 10.7 Å². The molecule has 2 N–H and O–H groups in total. The van der Waals surface area contributed by atoms with Crippen LogP contribution in [0.2, 0.25) is 0 Å². The van der Waals surface area contributed by atoms with Crippen LogP contribution in [0.5, 0.6) is 11.5 Å². The van der Waals surface area contributed by atoms with E-state index in [-0.39, 0.29) is 11.4 Å². The molecule has 0 atom stereocenters. The number of aromatic hydroxyl groups is 2. The molecule has 5 nitrogen and oxygen atoms in total. The Labute approximate surface area is 138 Å². The number of hydrogen-bond donors (Lipinski definition) is 2. The minimum atomic E-state index is -0.563. The van der Waals surface area contributed by atoms with Crippen LogP contribution in [0.1, 0.15) is 76.0 Å². The van der Waals surface area contributed by atoms with Gasteiger partial charge in [-0.15, -0.1) is 0 Å². The van der Waals surface area contributed by atoms with E-state index in [1.165, 1.54) is 0 Å². The zero-order chi connectivity index (χ0) is 17.4. The highest BCUT2D eigenvalue weighted by Gasteiger charge is 2.29. The lowest BCUT2D eigenvalue weighted by molar-refractivity contribution is -0.386. The van der Waals surface area contributed by atoms with Crippen molar-refractivity contribution in [1.29, 1.82) is 0 Å². The van der Waals surface area contributed by atoms with Crippen LogP contribution in [-0.4, -0.2) is 15.1 Å². The summed E-state index contributed by atoms with van der Waals surface area (Å²) in [7, 11) is 0. The van der Waals surface area contributed by atoms with Gasteiger partial charge in [-0.1, -0.05) is 40.0 Å². The largest absolute Gasteiger partial charge is 0.504 e. The average Bonchev–Trinajstić information content (AvgIpc) is 2.52. The molecule has 0 aliphatic heterocycles. The molecule has 0 saturated carbocycles. The van der Waals surface area contributed by atoms with Gasteiger partial charge < -0.3 is 10.2 Å². The van der Waals surface area contributed by atoms with Gasteiger partial charge in [0.2, 0.25) is 5.75 Å². The molecule has 1 aromatic carbocycles. The molecule has 0 bridgehead atoms. The summed E-state index contributed by atoms with van der Waals surface area (Å²) >= 11 is 0. The molecule has 0 amide bonds. The van der Waals surface area contributed by atoms with Crippen molar-refractivity contribution in [3.8, 4) is 11.5 Å². The van der Waals surface area contributed by atoms with Gasteiger partial charge in [0.15, 0.2) is 5.75 Å². The predicted molar refractivity (Wildman–Crippen MR) is 92.3 cm³/mol. The standard InChI is InChI=1S/C18H29NO4/c1-4-7-10-13-14(11-8-5-2)16(19(22)23)18(21)17(20)15(13)12-9-6-3/h20-21H,4-12H2,1-3H3. The summed E-state index contributed by atoms with van der Waals surface area (Å²) in [5.41, 5.74) is 1.90. The molecule has 0 fully saturated rings. The second-order valence-corrected chi connectivity index (χ2v) is 6.05. The Bertz CT molecular complexity index is 541. The smallest absolute Gasteiger partial charge is 0.318 e. The van der Waals surface area contributed by atoms with Crippen LogP contribution in [0, 0.1) is 10.1 Å². The van der Waals surface area contributed by atoms with Gasteiger partial charge in [-0.2, -0.15) is 0 Å². The predicted octanol–water partition coefficient (Wildman–Crippen LogP) is 5.03. The Balaban J connectivity index is 3.54. The molecule has 0 aliphatic carbocycles. The lowest BCUT2D eigenvalue weighted by Crippen LogP contribution is -2.07. The molecule has 1 rings (SSSR count). The third kappa shape index (κ3) is 4.60. The van der Waals surface area contributed by atoms with Crippen molar-refractivity contribution in [2.24, 2.45) is 0 Å². The zero-order valence-corrected chi connectivity index (χ0v) is 14.5. The number of nitro benzene ring substituents is 1. The Hall–Kier alpha value is -1.78. The van der Waals surface area contributed by atoms with Gasteiger partial charge in [-0.05, 0) is 44.1 Å². The van der Waals surface area contributed by atoms with E-state index in [1.54, 1.807) is 0 Å². The summed E-state index contributed by atoms with van der Waals surface area (Å²) in [5, 5.41) is 32.0. The van der Waals surface area contributed by atoms with Gasteiger partial charge in [0.25, 0.3) is 0 Å². The van der Waals surface area contributed by atoms with Crippen molar-refractivity contribution < 1.29 is 15.1 Å². The zero-order valence-electron chi connectivity index (χ0n) is 14.5. The molecule has 0 radical (unpaired) electrons. The molecule has 0 aromatic heterocycles. The average molecular weight is 323 g/mol. The van der Waals surface area contributed by atoms with Crippen LogP contribution in [0.15, 0.2) is 0 Å². The van der Waals surface area contributed by atoms with Crippen molar-refractivity contribution in [1.82, 2.24) is 0 Å². The van der Waals surface area contributed by atoms with Crippen LogP contribution >= 0.6 is 0 Å². The fourth-order valence-electron chi connectivity index (χ4n) is 2.96. The van der Waals surface area contributed by atoms with E-state index in [2.05, 4.69) is 13.8 Å². The van der Waals surface area contributed by atoms with Gasteiger partial charge in [-0.25, -0.2) is 0 Å². The van der Waals surface area contributed by atoms with Gasteiger partial charge in [0.1, 0.15) is 0 Å². The molecule has 0 aliphatic rings. The first kappa shape index (κ1) is 19.3. The van der Waals surface area contributed by atoms with Gasteiger partial charge >= 0.3 is 5.69 Å². The number of hydrogen-bond acceptors (Lipinski definition) is 4. The molecular formula is C18H29NO4. The highest BCUT2D eigenvalue weighted by atomic mass is 16.6. The molecular weight excluding hydrogens is 294 g/mol. The minimum Gasteiger partial charge on any atom is -0.504 e. The first-order valence-corrected chi connectivity index (χ1v) is 8.72. The molecule has 5 heteroatoms. The van der Waals surface area contributed by atoms with Gasteiger partial charge in [0.05, 0.1) is 4.92 Å². The minimum absolute atomic E-state index is 0.295. The lowest BCUT2D eigenvalue weighted by Gasteiger charge is -2.18. The summed E-state index contributed by atoms with van der Waals surface area (Å²) in [4.78, 5) is 10.9. The molecule has 0 unspecified atom stereocenters. The van der Waals surface area contributed by atoms with Gasteiger partial charge in [0, 0.05) is 11.1 Å². The van der Waals surface area contributed by atoms with E-state index in [0.717, 1.165) is 44.1 Å².